The van der Waals surface area contributed by atoms with Crippen LogP contribution in [0.3, 0.4) is 0 Å². The van der Waals surface area contributed by atoms with Crippen LogP contribution in [0.2, 0.25) is 0 Å². The van der Waals surface area contributed by atoms with E-state index in [4.69, 9.17) is 14.6 Å². The zero-order chi connectivity index (χ0) is 21.7. The van der Waals surface area contributed by atoms with Gasteiger partial charge in [-0.25, -0.2) is 9.79 Å². The molecule has 0 aromatic heterocycles. The third-order valence-electron chi connectivity index (χ3n) is 3.89. The fraction of sp³-hybridized carbons (Fsp3) is 0.190. The van der Waals surface area contributed by atoms with E-state index >= 15 is 0 Å². The predicted octanol–water partition coefficient (Wildman–Crippen LogP) is 4.84. The number of hydrogen-bond acceptors (Lipinski definition) is 6. The largest absolute Gasteiger partial charge is 0.490 e. The standard InChI is InChI=1S/C21H19BrN2O5S/c1-3-28-16-9-12(8-15(22)18(16)29-4-2)10-17-19(25)24-21(30-17)23-14-7-5-6-13(11-14)20(26)27/h5-11H,3-4H2,1-2H3,(H,26,27)(H,23,24,25). The molecule has 1 saturated heterocycles. The van der Waals surface area contributed by atoms with E-state index in [1.165, 1.54) is 23.9 Å². The molecule has 30 heavy (non-hydrogen) atoms. The molecule has 2 aromatic carbocycles. The highest BCUT2D eigenvalue weighted by Crippen LogP contribution is 2.38. The number of carbonyl (C=O) groups is 2. The average molecular weight is 491 g/mol. The van der Waals surface area contributed by atoms with Gasteiger partial charge in [-0.3, -0.25) is 4.79 Å². The van der Waals surface area contributed by atoms with Gasteiger partial charge in [0.15, 0.2) is 16.7 Å². The summed E-state index contributed by atoms with van der Waals surface area (Å²) in [5.41, 5.74) is 1.34. The van der Waals surface area contributed by atoms with Crippen LogP contribution >= 0.6 is 27.7 Å². The van der Waals surface area contributed by atoms with Gasteiger partial charge in [0.1, 0.15) is 0 Å². The Labute approximate surface area is 186 Å². The lowest BCUT2D eigenvalue weighted by Crippen LogP contribution is -2.19. The van der Waals surface area contributed by atoms with Gasteiger partial charge in [0, 0.05) is 0 Å². The summed E-state index contributed by atoms with van der Waals surface area (Å²) in [4.78, 5) is 28.3. The lowest BCUT2D eigenvalue weighted by atomic mass is 10.2. The highest BCUT2D eigenvalue weighted by atomic mass is 79.9. The molecule has 2 N–H and O–H groups in total. The first kappa shape index (κ1) is 21.9. The topological polar surface area (TPSA) is 97.2 Å². The van der Waals surface area contributed by atoms with Crippen molar-refractivity contribution in [3.8, 4) is 11.5 Å². The molecule has 0 aliphatic carbocycles. The summed E-state index contributed by atoms with van der Waals surface area (Å²) in [6.07, 6.45) is 1.74. The number of carbonyl (C=O) groups excluding carboxylic acids is 1. The monoisotopic (exact) mass is 490 g/mol. The highest BCUT2D eigenvalue weighted by molar-refractivity contribution is 9.10. The lowest BCUT2D eigenvalue weighted by Gasteiger charge is -2.13. The van der Waals surface area contributed by atoms with Gasteiger partial charge in [-0.15, -0.1) is 0 Å². The van der Waals surface area contributed by atoms with E-state index in [9.17, 15) is 9.59 Å². The van der Waals surface area contributed by atoms with Crippen molar-refractivity contribution in [1.82, 2.24) is 5.32 Å². The zero-order valence-electron chi connectivity index (χ0n) is 16.3. The summed E-state index contributed by atoms with van der Waals surface area (Å²) in [7, 11) is 0. The van der Waals surface area contributed by atoms with Crippen molar-refractivity contribution in [3.05, 3.63) is 56.9 Å². The van der Waals surface area contributed by atoms with Crippen molar-refractivity contribution in [2.75, 3.05) is 13.2 Å². The van der Waals surface area contributed by atoms with Crippen molar-refractivity contribution in [1.29, 1.82) is 0 Å². The number of thioether (sulfide) groups is 1. The molecule has 1 heterocycles. The van der Waals surface area contributed by atoms with Gasteiger partial charge in [0.05, 0.1) is 33.8 Å². The lowest BCUT2D eigenvalue weighted by molar-refractivity contribution is -0.115. The number of nitrogens with zero attached hydrogens (tertiary/aromatic N) is 1. The van der Waals surface area contributed by atoms with E-state index < -0.39 is 5.97 Å². The highest BCUT2D eigenvalue weighted by Gasteiger charge is 2.24. The maximum Gasteiger partial charge on any atom is 0.335 e. The minimum Gasteiger partial charge on any atom is -0.490 e. The Balaban J connectivity index is 1.87. The number of aromatic carboxylic acids is 1. The molecule has 3 rings (SSSR count). The first-order chi connectivity index (χ1) is 14.4. The van der Waals surface area contributed by atoms with Crippen molar-refractivity contribution >= 4 is 56.5 Å². The second kappa shape index (κ2) is 9.82. The maximum atomic E-state index is 12.4. The number of ether oxygens (including phenoxy) is 2. The van der Waals surface area contributed by atoms with Crippen LogP contribution in [0.25, 0.3) is 6.08 Å². The molecule has 156 valence electrons. The van der Waals surface area contributed by atoms with Crippen molar-refractivity contribution < 1.29 is 24.2 Å². The average Bonchev–Trinajstić information content (AvgIpc) is 3.03. The number of amides is 1. The summed E-state index contributed by atoms with van der Waals surface area (Å²) in [5, 5.41) is 12.2. The Morgan fingerprint density at radius 3 is 2.70 bits per heavy atom. The van der Waals surface area contributed by atoms with Gasteiger partial charge in [0.2, 0.25) is 0 Å². The Morgan fingerprint density at radius 2 is 2.00 bits per heavy atom. The fourth-order valence-corrected chi connectivity index (χ4v) is 4.09. The van der Waals surface area contributed by atoms with E-state index in [-0.39, 0.29) is 11.5 Å². The fourth-order valence-electron chi connectivity index (χ4n) is 2.68. The molecular formula is C21H19BrN2O5S. The number of carboxylic acid groups (broad SMARTS) is 1. The number of nitrogens with one attached hydrogen (secondary N) is 1. The molecular weight excluding hydrogens is 472 g/mol. The first-order valence-corrected chi connectivity index (χ1v) is 10.7. The molecule has 1 fully saturated rings. The molecule has 0 spiro atoms. The maximum absolute atomic E-state index is 12.4. The summed E-state index contributed by atoms with van der Waals surface area (Å²) >= 11 is 4.67. The Morgan fingerprint density at radius 1 is 1.23 bits per heavy atom. The van der Waals surface area contributed by atoms with E-state index in [2.05, 4.69) is 26.2 Å². The van der Waals surface area contributed by atoms with Crippen LogP contribution in [0, 0.1) is 0 Å². The number of benzene rings is 2. The van der Waals surface area contributed by atoms with Gasteiger partial charge in [-0.1, -0.05) is 6.07 Å². The van der Waals surface area contributed by atoms with Gasteiger partial charge in [0.25, 0.3) is 5.91 Å². The predicted molar refractivity (Wildman–Crippen MR) is 121 cm³/mol. The van der Waals surface area contributed by atoms with Crippen molar-refractivity contribution in [3.63, 3.8) is 0 Å². The zero-order valence-corrected chi connectivity index (χ0v) is 18.7. The van der Waals surface area contributed by atoms with E-state index in [1.54, 1.807) is 18.2 Å². The summed E-state index contributed by atoms with van der Waals surface area (Å²) in [5.74, 6) is -0.114. The minimum atomic E-state index is -1.04. The molecule has 2 aromatic rings. The number of aliphatic imine (C=N–C) groups is 1. The number of halogens is 1. The Bertz CT molecular complexity index is 1050. The third kappa shape index (κ3) is 5.22. The van der Waals surface area contributed by atoms with Crippen molar-refractivity contribution in [2.45, 2.75) is 13.8 Å². The molecule has 9 heteroatoms. The van der Waals surface area contributed by atoms with E-state index in [0.29, 0.717) is 40.5 Å². The number of hydrogen-bond donors (Lipinski definition) is 2. The van der Waals surface area contributed by atoms with Crippen LogP contribution in [0.1, 0.15) is 29.8 Å². The van der Waals surface area contributed by atoms with Crippen LogP contribution in [0.5, 0.6) is 11.5 Å². The molecule has 1 aliphatic rings. The van der Waals surface area contributed by atoms with Crippen LogP contribution < -0.4 is 14.8 Å². The molecule has 0 atom stereocenters. The first-order valence-electron chi connectivity index (χ1n) is 9.13. The second-order valence-corrected chi connectivity index (χ2v) is 7.92. The number of carboxylic acids is 1. The molecule has 7 nitrogen and oxygen atoms in total. The smallest absolute Gasteiger partial charge is 0.335 e. The SMILES string of the molecule is CCOc1cc(C=C2SC(=Nc3cccc(C(=O)O)c3)NC2=O)cc(Br)c1OCC. The van der Waals surface area contributed by atoms with Crippen LogP contribution in [0.4, 0.5) is 5.69 Å². The third-order valence-corrected chi connectivity index (χ3v) is 5.39. The quantitative estimate of drug-likeness (QED) is 0.539. The summed E-state index contributed by atoms with van der Waals surface area (Å²) in [6.45, 7) is 4.76. The summed E-state index contributed by atoms with van der Waals surface area (Å²) < 4.78 is 12.0. The number of rotatable bonds is 7. The van der Waals surface area contributed by atoms with Crippen molar-refractivity contribution in [2.24, 2.45) is 4.99 Å². The molecule has 1 amide bonds. The Kier molecular flexibility index (Phi) is 7.17. The van der Waals surface area contributed by atoms with Gasteiger partial charge >= 0.3 is 5.97 Å². The van der Waals surface area contributed by atoms with Gasteiger partial charge in [-0.2, -0.15) is 0 Å². The van der Waals surface area contributed by atoms with Gasteiger partial charge < -0.3 is 19.9 Å². The molecule has 0 unspecified atom stereocenters. The van der Waals surface area contributed by atoms with Crippen LogP contribution in [-0.4, -0.2) is 35.4 Å². The molecule has 0 radical (unpaired) electrons. The summed E-state index contributed by atoms with van der Waals surface area (Å²) in [6, 6.07) is 9.87. The molecule has 0 bridgehead atoms. The molecule has 0 saturated carbocycles. The normalized spacial score (nSPS) is 16.0. The van der Waals surface area contributed by atoms with E-state index in [0.717, 1.165) is 10.0 Å². The van der Waals surface area contributed by atoms with Crippen LogP contribution in [0.15, 0.2) is 50.8 Å². The van der Waals surface area contributed by atoms with E-state index in [1.807, 2.05) is 26.0 Å². The van der Waals surface area contributed by atoms with Gasteiger partial charge in [-0.05, 0) is 83.5 Å². The number of amidine groups is 1. The van der Waals surface area contributed by atoms with Crippen LogP contribution in [-0.2, 0) is 4.79 Å². The Hall–Kier alpha value is -2.78. The molecule has 1 aliphatic heterocycles. The second-order valence-electron chi connectivity index (χ2n) is 6.03. The minimum absolute atomic E-state index is 0.129.